The summed E-state index contributed by atoms with van der Waals surface area (Å²) in [4.78, 5) is 22.1. The maximum absolute atomic E-state index is 14.4. The predicted molar refractivity (Wildman–Crippen MR) is 247 cm³/mol. The fourth-order valence-corrected chi connectivity index (χ4v) is 9.83. The van der Waals surface area contributed by atoms with Crippen molar-refractivity contribution < 1.29 is 48.6 Å². The molecule has 0 unspecified atom stereocenters. The summed E-state index contributed by atoms with van der Waals surface area (Å²) < 4.78 is 32.5. The predicted octanol–water partition coefficient (Wildman–Crippen LogP) is 9.15. The molecule has 2 aliphatic carbocycles. The van der Waals surface area contributed by atoms with Gasteiger partial charge >= 0.3 is 6.09 Å². The molecule has 3 N–H and O–H groups in total. The van der Waals surface area contributed by atoms with Crippen molar-refractivity contribution in [1.29, 1.82) is 0 Å². The Morgan fingerprint density at radius 3 is 2.39 bits per heavy atom. The number of carbonyl (C=O) groups is 1. The number of aliphatic hydroxyl groups excluding tert-OH is 3. The molecule has 1 amide bonds. The number of benzene rings is 4. The normalized spacial score (nSPS) is 22.8. The first-order valence-electron chi connectivity index (χ1n) is 22.5. The summed E-state index contributed by atoms with van der Waals surface area (Å²) in [5.74, 6) is -0.221. The number of ether oxygens (including phenoxy) is 5. The van der Waals surface area contributed by atoms with E-state index in [2.05, 4.69) is 30.9 Å². The van der Waals surface area contributed by atoms with Crippen LogP contribution in [0, 0.1) is 17.8 Å². The number of amides is 1. The molecule has 0 spiro atoms. The summed E-state index contributed by atoms with van der Waals surface area (Å²) in [6.45, 7) is 4.58. The van der Waals surface area contributed by atoms with Gasteiger partial charge in [0.2, 0.25) is 5.79 Å². The highest BCUT2D eigenvalue weighted by Crippen LogP contribution is 2.62. The number of nitrogens with zero attached hydrogens (tertiary/aromatic N) is 2. The van der Waals surface area contributed by atoms with Crippen molar-refractivity contribution in [1.82, 2.24) is 4.90 Å². The van der Waals surface area contributed by atoms with E-state index in [1.54, 1.807) is 11.0 Å². The second-order valence-corrected chi connectivity index (χ2v) is 16.9. The van der Waals surface area contributed by atoms with E-state index >= 15 is 0 Å². The third kappa shape index (κ3) is 10.9. The van der Waals surface area contributed by atoms with Gasteiger partial charge in [-0.2, -0.15) is 0 Å². The fraction of sp³-hybridized carbons (Fsp3) is 0.451. The van der Waals surface area contributed by atoms with Crippen molar-refractivity contribution in [2.24, 2.45) is 22.9 Å². The number of allylic oxidation sites excluding steroid dienone is 1. The van der Waals surface area contributed by atoms with Crippen LogP contribution in [0.2, 0.25) is 0 Å². The van der Waals surface area contributed by atoms with Crippen molar-refractivity contribution in [3.63, 3.8) is 0 Å². The Morgan fingerprint density at radius 1 is 0.875 bits per heavy atom. The quantitative estimate of drug-likeness (QED) is 0.0269. The minimum absolute atomic E-state index is 0.0130. The van der Waals surface area contributed by atoms with Gasteiger partial charge in [0.25, 0.3) is 0 Å². The van der Waals surface area contributed by atoms with Crippen LogP contribution in [0.4, 0.5) is 4.79 Å². The lowest BCUT2D eigenvalue weighted by atomic mass is 9.55. The average Bonchev–Trinajstić information content (AvgIpc) is 3.32. The van der Waals surface area contributed by atoms with Gasteiger partial charge in [-0.25, -0.2) is 4.79 Å². The Labute approximate surface area is 381 Å². The second kappa shape index (κ2) is 23.3. The average molecular weight is 898 g/mol. The molecular formula is C51H61ClN2O10. The summed E-state index contributed by atoms with van der Waals surface area (Å²) in [7, 11) is 0. The molecule has 3 aliphatic rings. The van der Waals surface area contributed by atoms with Crippen LogP contribution in [0.3, 0.4) is 0 Å². The Bertz CT molecular complexity index is 2200. The molecule has 342 valence electrons. The van der Waals surface area contributed by atoms with Gasteiger partial charge in [0, 0.05) is 37.7 Å². The second-order valence-electron chi connectivity index (χ2n) is 16.5. The topological polar surface area (TPSA) is 149 Å². The van der Waals surface area contributed by atoms with E-state index in [1.807, 2.05) is 72.8 Å². The summed E-state index contributed by atoms with van der Waals surface area (Å²) in [6, 6.07) is 29.1. The number of halogens is 1. The molecule has 0 radical (unpaired) electrons. The summed E-state index contributed by atoms with van der Waals surface area (Å²) in [5, 5.41) is 36.6. The number of fused-ring (bicyclic) bond motifs is 3. The smallest absolute Gasteiger partial charge is 0.410 e. The first-order valence-corrected chi connectivity index (χ1v) is 23.1. The van der Waals surface area contributed by atoms with Gasteiger partial charge in [-0.3, -0.25) is 4.90 Å². The first-order chi connectivity index (χ1) is 31.4. The Balaban J connectivity index is 1.42. The standard InChI is InChI=1S/C51H61ClN2O10/c1-2-27-61-51-47(54(23-29-59-30-26-57)50(58)60-28-22-52)34-45(53-62-35-36-12-4-3-5-13-36)43-32-39(16-8-10-24-55)42(17-9-11-25-56)48(49(43)51)44-33-41(20-21-46(44)64-51)63-40-19-18-37-14-6-7-15-38(37)31-40/h2-7,12-15,18-21,31-33,39,42,47-49,55-57H,1,8-11,16-17,22-30,34-35H2/t39-,42+,47-,48+,49+,51+/m0/s1. The lowest BCUT2D eigenvalue weighted by Gasteiger charge is -2.59. The van der Waals surface area contributed by atoms with Crippen LogP contribution in [-0.2, 0) is 25.7 Å². The molecule has 1 heterocycles. The molecule has 4 aromatic carbocycles. The lowest BCUT2D eigenvalue weighted by molar-refractivity contribution is -0.256. The third-order valence-electron chi connectivity index (χ3n) is 12.5. The van der Waals surface area contributed by atoms with Gasteiger partial charge < -0.3 is 43.8 Å². The number of hydrogen-bond acceptors (Lipinski definition) is 11. The van der Waals surface area contributed by atoms with Crippen LogP contribution in [0.5, 0.6) is 17.2 Å². The van der Waals surface area contributed by atoms with Crippen molar-refractivity contribution in [2.45, 2.75) is 69.3 Å². The first kappa shape index (κ1) is 47.0. The third-order valence-corrected chi connectivity index (χ3v) is 12.6. The summed E-state index contributed by atoms with van der Waals surface area (Å²) in [5.41, 5.74) is 3.44. The highest BCUT2D eigenvalue weighted by Gasteiger charge is 2.65. The van der Waals surface area contributed by atoms with E-state index in [0.717, 1.165) is 53.2 Å². The maximum Gasteiger partial charge on any atom is 0.410 e. The van der Waals surface area contributed by atoms with E-state index in [1.165, 1.54) is 0 Å². The van der Waals surface area contributed by atoms with Crippen LogP contribution >= 0.6 is 11.6 Å². The van der Waals surface area contributed by atoms with Crippen LogP contribution in [0.1, 0.15) is 62.0 Å². The summed E-state index contributed by atoms with van der Waals surface area (Å²) >= 11 is 6.07. The zero-order chi connectivity index (χ0) is 44.7. The molecule has 64 heavy (non-hydrogen) atoms. The number of hydrogen-bond donors (Lipinski definition) is 3. The monoisotopic (exact) mass is 896 g/mol. The Morgan fingerprint density at radius 2 is 1.62 bits per heavy atom. The van der Waals surface area contributed by atoms with E-state index < -0.39 is 23.8 Å². The zero-order valence-corrected chi connectivity index (χ0v) is 37.2. The van der Waals surface area contributed by atoms with Crippen molar-refractivity contribution >= 4 is 34.2 Å². The molecule has 0 aromatic heterocycles. The minimum Gasteiger partial charge on any atom is -0.459 e. The zero-order valence-electron chi connectivity index (χ0n) is 36.4. The molecular weight excluding hydrogens is 836 g/mol. The van der Waals surface area contributed by atoms with Gasteiger partial charge in [0.15, 0.2) is 0 Å². The van der Waals surface area contributed by atoms with Crippen LogP contribution in [-0.4, -0.2) is 103 Å². The van der Waals surface area contributed by atoms with Crippen molar-refractivity contribution in [3.8, 4) is 17.2 Å². The largest absolute Gasteiger partial charge is 0.459 e. The molecule has 6 atom stereocenters. The summed E-state index contributed by atoms with van der Waals surface area (Å²) in [6.07, 6.45) is 7.99. The Hall–Kier alpha value is -4.95. The molecule has 1 saturated carbocycles. The lowest BCUT2D eigenvalue weighted by Crippen LogP contribution is -2.70. The molecule has 0 saturated heterocycles. The number of unbranched alkanes of at least 4 members (excludes halogenated alkanes) is 2. The number of rotatable bonds is 24. The van der Waals surface area contributed by atoms with E-state index in [4.69, 9.17) is 45.3 Å². The highest BCUT2D eigenvalue weighted by molar-refractivity contribution is 6.18. The van der Waals surface area contributed by atoms with Gasteiger partial charge in [0.05, 0.1) is 43.9 Å². The molecule has 1 aliphatic heterocycles. The molecule has 0 bridgehead atoms. The highest BCUT2D eigenvalue weighted by atomic mass is 35.5. The van der Waals surface area contributed by atoms with Crippen LogP contribution in [0.15, 0.2) is 120 Å². The van der Waals surface area contributed by atoms with Crippen LogP contribution in [0.25, 0.3) is 10.8 Å². The van der Waals surface area contributed by atoms with Gasteiger partial charge in [-0.15, -0.1) is 18.2 Å². The molecule has 1 fully saturated rings. The van der Waals surface area contributed by atoms with Crippen LogP contribution < -0.4 is 9.47 Å². The number of alkyl halides is 1. The number of oxime groups is 1. The Kier molecular flexibility index (Phi) is 17.1. The number of aliphatic hydroxyl groups is 3. The molecule has 7 rings (SSSR count). The van der Waals surface area contributed by atoms with Crippen molar-refractivity contribution in [3.05, 3.63) is 126 Å². The van der Waals surface area contributed by atoms with Gasteiger partial charge in [-0.05, 0) is 89.8 Å². The SMILES string of the molecule is C=CCO[C@@]12Oc3ccc(Oc4ccc5ccccc5c4)cc3[C@H]3[C@H](CCCCO)[C@@H](CCCCO)C=C(C(=NOCc4ccccc4)C[C@@H]1N(CCOCCO)C(=O)OCCCl)[C@H]32. The van der Waals surface area contributed by atoms with Gasteiger partial charge in [0.1, 0.15) is 36.5 Å². The van der Waals surface area contributed by atoms with E-state index in [9.17, 15) is 20.1 Å². The van der Waals surface area contributed by atoms with E-state index in [0.29, 0.717) is 35.8 Å². The van der Waals surface area contributed by atoms with E-state index in [-0.39, 0.29) is 89.5 Å². The molecule has 12 nitrogen and oxygen atoms in total. The minimum atomic E-state index is -1.50. The number of carbonyl (C=O) groups excluding carboxylic acids is 1. The van der Waals surface area contributed by atoms with Crippen molar-refractivity contribution in [2.75, 3.05) is 58.7 Å². The molecule has 13 heteroatoms. The maximum atomic E-state index is 14.4. The fourth-order valence-electron chi connectivity index (χ4n) is 9.75. The van der Waals surface area contributed by atoms with Gasteiger partial charge in [-0.1, -0.05) is 90.8 Å². The molecule has 4 aromatic rings.